The number of hydrogen-bond acceptors (Lipinski definition) is 3. The fourth-order valence-electron chi connectivity index (χ4n) is 2.68. The smallest absolute Gasteiger partial charge is 0.253 e. The summed E-state index contributed by atoms with van der Waals surface area (Å²) in [5.74, 6) is 0.0772. The van der Waals surface area contributed by atoms with Crippen LogP contribution >= 0.6 is 0 Å². The Bertz CT molecular complexity index is 570. The fraction of sp³-hybridized carbons (Fsp3) is 0.562. The molecule has 0 saturated carbocycles. The zero-order chi connectivity index (χ0) is 15.3. The molecule has 0 spiro atoms. The van der Waals surface area contributed by atoms with E-state index in [0.29, 0.717) is 5.56 Å². The molecule has 4 nitrogen and oxygen atoms in total. The summed E-state index contributed by atoms with van der Waals surface area (Å²) >= 11 is 0. The molecule has 0 aromatic heterocycles. The van der Waals surface area contributed by atoms with Crippen LogP contribution in [0.25, 0.3) is 0 Å². The van der Waals surface area contributed by atoms with E-state index in [4.69, 9.17) is 0 Å². The van der Waals surface area contributed by atoms with E-state index >= 15 is 0 Å². The van der Waals surface area contributed by atoms with Crippen molar-refractivity contribution in [3.8, 4) is 0 Å². The Hall–Kier alpha value is -1.36. The predicted octanol–water partition coefficient (Wildman–Crippen LogP) is 2.64. The molecule has 5 heteroatoms. The van der Waals surface area contributed by atoms with Crippen LogP contribution in [0, 0.1) is 0 Å². The topological polar surface area (TPSA) is 54.5 Å². The molecule has 1 aliphatic rings. The van der Waals surface area contributed by atoms with E-state index in [9.17, 15) is 13.2 Å². The summed E-state index contributed by atoms with van der Waals surface area (Å²) in [7, 11) is -3.03. The molecule has 1 aliphatic heterocycles. The Balaban J connectivity index is 2.04. The van der Waals surface area contributed by atoms with E-state index in [-0.39, 0.29) is 11.7 Å². The van der Waals surface area contributed by atoms with Gasteiger partial charge in [0.15, 0.2) is 9.84 Å². The van der Waals surface area contributed by atoms with Crippen LogP contribution in [0.2, 0.25) is 0 Å². The van der Waals surface area contributed by atoms with Crippen molar-refractivity contribution in [1.29, 1.82) is 0 Å². The lowest BCUT2D eigenvalue weighted by molar-refractivity contribution is 0.0742. The van der Waals surface area contributed by atoms with Gasteiger partial charge in [0.1, 0.15) is 0 Å². The van der Waals surface area contributed by atoms with E-state index in [0.717, 1.165) is 31.5 Å². The number of amides is 1. The van der Waals surface area contributed by atoms with Crippen LogP contribution in [0.3, 0.4) is 0 Å². The van der Waals surface area contributed by atoms with Crippen LogP contribution in [-0.2, 0) is 15.6 Å². The molecule has 0 bridgehead atoms. The first kappa shape index (κ1) is 16.0. The fourth-order valence-corrected chi connectivity index (χ4v) is 3.48. The second-order valence-electron chi connectivity index (χ2n) is 5.83. The second kappa shape index (κ2) is 7.07. The summed E-state index contributed by atoms with van der Waals surface area (Å²) in [6, 6.07) is 6.94. The van der Waals surface area contributed by atoms with Gasteiger partial charge in [-0.1, -0.05) is 31.4 Å². The Labute approximate surface area is 127 Å². The molecule has 21 heavy (non-hydrogen) atoms. The van der Waals surface area contributed by atoms with E-state index in [2.05, 4.69) is 0 Å². The normalized spacial score (nSPS) is 17.1. The zero-order valence-corrected chi connectivity index (χ0v) is 13.4. The first-order chi connectivity index (χ1) is 9.96. The van der Waals surface area contributed by atoms with Gasteiger partial charge in [0, 0.05) is 24.9 Å². The van der Waals surface area contributed by atoms with Crippen molar-refractivity contribution < 1.29 is 13.2 Å². The molecule has 1 fully saturated rings. The molecule has 1 saturated heterocycles. The highest BCUT2D eigenvalue weighted by Gasteiger charge is 2.16. The molecular weight excluding hydrogens is 286 g/mol. The van der Waals surface area contributed by atoms with Gasteiger partial charge in [0.05, 0.1) is 5.75 Å². The highest BCUT2D eigenvalue weighted by atomic mass is 32.2. The predicted molar refractivity (Wildman–Crippen MR) is 84.0 cm³/mol. The SMILES string of the molecule is CS(=O)(=O)Cc1ccc(C(=O)N2CCCCCCC2)cc1. The molecule has 0 aliphatic carbocycles. The van der Waals surface area contributed by atoms with E-state index in [1.807, 2.05) is 4.90 Å². The Morgan fingerprint density at radius 3 is 2.05 bits per heavy atom. The molecular formula is C16H23NO3S. The van der Waals surface area contributed by atoms with Crippen molar-refractivity contribution in [2.24, 2.45) is 0 Å². The number of sulfone groups is 1. The van der Waals surface area contributed by atoms with Crippen LogP contribution in [0.5, 0.6) is 0 Å². The van der Waals surface area contributed by atoms with E-state index < -0.39 is 9.84 Å². The summed E-state index contributed by atoms with van der Waals surface area (Å²) in [6.07, 6.45) is 7.00. The number of likely N-dealkylation sites (tertiary alicyclic amines) is 1. The van der Waals surface area contributed by atoms with Gasteiger partial charge in [-0.2, -0.15) is 0 Å². The first-order valence-corrected chi connectivity index (χ1v) is 9.58. The molecule has 1 aromatic carbocycles. The lowest BCUT2D eigenvalue weighted by atomic mass is 10.1. The van der Waals surface area contributed by atoms with Gasteiger partial charge in [-0.25, -0.2) is 8.42 Å². The molecule has 1 amide bonds. The number of carbonyl (C=O) groups is 1. The minimum absolute atomic E-state index is 0.0190. The summed E-state index contributed by atoms with van der Waals surface area (Å²) < 4.78 is 22.5. The average molecular weight is 309 g/mol. The Morgan fingerprint density at radius 2 is 1.52 bits per heavy atom. The van der Waals surface area contributed by atoms with Gasteiger partial charge >= 0.3 is 0 Å². The Morgan fingerprint density at radius 1 is 1.00 bits per heavy atom. The molecule has 2 rings (SSSR count). The largest absolute Gasteiger partial charge is 0.339 e. The van der Waals surface area contributed by atoms with E-state index in [1.165, 1.54) is 25.5 Å². The highest BCUT2D eigenvalue weighted by molar-refractivity contribution is 7.89. The number of carbonyl (C=O) groups excluding carboxylic acids is 1. The molecule has 1 heterocycles. The van der Waals surface area contributed by atoms with Crippen molar-refractivity contribution in [3.05, 3.63) is 35.4 Å². The summed E-state index contributed by atoms with van der Waals surface area (Å²) in [4.78, 5) is 14.4. The minimum Gasteiger partial charge on any atom is -0.339 e. The van der Waals surface area contributed by atoms with Crippen LogP contribution in [-0.4, -0.2) is 38.6 Å². The van der Waals surface area contributed by atoms with Gasteiger partial charge in [0.25, 0.3) is 5.91 Å². The van der Waals surface area contributed by atoms with E-state index in [1.54, 1.807) is 24.3 Å². The van der Waals surface area contributed by atoms with Crippen LogP contribution in [0.1, 0.15) is 48.0 Å². The number of nitrogens with zero attached hydrogens (tertiary/aromatic N) is 1. The van der Waals surface area contributed by atoms with Gasteiger partial charge in [0.2, 0.25) is 0 Å². The maximum atomic E-state index is 12.5. The maximum Gasteiger partial charge on any atom is 0.253 e. The van der Waals surface area contributed by atoms with Crippen LogP contribution < -0.4 is 0 Å². The lowest BCUT2D eigenvalue weighted by Gasteiger charge is -2.24. The molecule has 116 valence electrons. The van der Waals surface area contributed by atoms with Crippen molar-refractivity contribution in [2.75, 3.05) is 19.3 Å². The van der Waals surface area contributed by atoms with Gasteiger partial charge in [-0.3, -0.25) is 4.79 Å². The van der Waals surface area contributed by atoms with Crippen molar-refractivity contribution in [2.45, 2.75) is 37.9 Å². The van der Waals surface area contributed by atoms with Crippen molar-refractivity contribution in [3.63, 3.8) is 0 Å². The third-order valence-corrected chi connectivity index (χ3v) is 4.63. The standard InChI is InChI=1S/C16H23NO3S/c1-21(19,20)13-14-7-9-15(10-8-14)16(18)17-11-5-3-2-4-6-12-17/h7-10H,2-6,11-13H2,1H3. The Kier molecular flexibility index (Phi) is 5.39. The van der Waals surface area contributed by atoms with Gasteiger partial charge < -0.3 is 4.90 Å². The summed E-state index contributed by atoms with van der Waals surface area (Å²) in [5.41, 5.74) is 1.37. The van der Waals surface area contributed by atoms with Crippen molar-refractivity contribution >= 4 is 15.7 Å². The third kappa shape index (κ3) is 5.16. The quantitative estimate of drug-likeness (QED) is 0.862. The minimum atomic E-state index is -3.03. The van der Waals surface area contributed by atoms with Crippen molar-refractivity contribution in [1.82, 2.24) is 4.90 Å². The molecule has 1 aromatic rings. The third-order valence-electron chi connectivity index (χ3n) is 3.77. The molecule has 0 radical (unpaired) electrons. The summed E-state index contributed by atoms with van der Waals surface area (Å²) in [5, 5.41) is 0. The molecule has 0 atom stereocenters. The highest BCUT2D eigenvalue weighted by Crippen LogP contribution is 2.15. The van der Waals surface area contributed by atoms with Gasteiger partial charge in [-0.15, -0.1) is 0 Å². The monoisotopic (exact) mass is 309 g/mol. The van der Waals surface area contributed by atoms with Crippen LogP contribution in [0.15, 0.2) is 24.3 Å². The second-order valence-corrected chi connectivity index (χ2v) is 7.97. The first-order valence-electron chi connectivity index (χ1n) is 7.52. The summed E-state index contributed by atoms with van der Waals surface area (Å²) in [6.45, 7) is 1.65. The number of rotatable bonds is 3. The molecule has 0 N–H and O–H groups in total. The number of benzene rings is 1. The van der Waals surface area contributed by atoms with Crippen LogP contribution in [0.4, 0.5) is 0 Å². The van der Waals surface area contributed by atoms with Gasteiger partial charge in [-0.05, 0) is 30.5 Å². The average Bonchev–Trinajstić information content (AvgIpc) is 2.36. The zero-order valence-electron chi connectivity index (χ0n) is 12.5. The maximum absolute atomic E-state index is 12.5. The number of hydrogen-bond donors (Lipinski definition) is 0. The lowest BCUT2D eigenvalue weighted by Crippen LogP contribution is -2.33. The molecule has 0 unspecified atom stereocenters.